The van der Waals surface area contributed by atoms with E-state index in [9.17, 15) is 9.90 Å². The van der Waals surface area contributed by atoms with Gasteiger partial charge in [0.1, 0.15) is 5.75 Å². The van der Waals surface area contributed by atoms with Gasteiger partial charge in [0.05, 0.1) is 0 Å². The Bertz CT molecular complexity index is 930. The fourth-order valence-electron chi connectivity index (χ4n) is 3.10. The van der Waals surface area contributed by atoms with Crippen molar-refractivity contribution in [3.05, 3.63) is 82.9 Å². The zero-order valence-electron chi connectivity index (χ0n) is 11.9. The van der Waals surface area contributed by atoms with Crippen LogP contribution in [0.15, 0.2) is 66.2 Å². The number of carbonyl (C=O) groups excluding carboxylic acids is 1. The number of rotatable bonds is 1. The van der Waals surface area contributed by atoms with Crippen LogP contribution in [0, 0.1) is 0 Å². The first-order chi connectivity index (χ1) is 10.7. The molecule has 0 amide bonds. The van der Waals surface area contributed by atoms with E-state index < -0.39 is 0 Å². The maximum atomic E-state index is 12.5. The van der Waals surface area contributed by atoms with E-state index in [-0.39, 0.29) is 11.5 Å². The average Bonchev–Trinajstić information content (AvgIpc) is 2.86. The minimum absolute atomic E-state index is 0.0128. The summed E-state index contributed by atoms with van der Waals surface area (Å²) in [6.45, 7) is 0. The highest BCUT2D eigenvalue weighted by Crippen LogP contribution is 2.34. The molecule has 1 N–H and O–H groups in total. The number of fused-ring (bicyclic) bond motifs is 2. The molecule has 3 aromatic carbocycles. The van der Waals surface area contributed by atoms with Crippen molar-refractivity contribution in [2.24, 2.45) is 0 Å². The number of benzene rings is 3. The van der Waals surface area contributed by atoms with Gasteiger partial charge in [-0.15, -0.1) is 0 Å². The quantitative estimate of drug-likeness (QED) is 0.674. The number of phenols is 1. The summed E-state index contributed by atoms with van der Waals surface area (Å²) in [4.78, 5) is 12.5. The third kappa shape index (κ3) is 1.92. The van der Waals surface area contributed by atoms with Crippen molar-refractivity contribution < 1.29 is 9.90 Å². The predicted molar refractivity (Wildman–Crippen MR) is 88.1 cm³/mol. The molecule has 0 unspecified atom stereocenters. The third-order valence-electron chi connectivity index (χ3n) is 4.21. The fourth-order valence-corrected chi connectivity index (χ4v) is 3.10. The summed E-state index contributed by atoms with van der Waals surface area (Å²) in [7, 11) is 0. The molecule has 0 fully saturated rings. The van der Waals surface area contributed by atoms with Crippen LogP contribution in [0.2, 0.25) is 0 Å². The molecule has 2 heteroatoms. The van der Waals surface area contributed by atoms with Crippen LogP contribution in [0.5, 0.6) is 5.75 Å². The number of aromatic hydroxyl groups is 1. The number of allylic oxidation sites excluding steroid dienone is 1. The zero-order chi connectivity index (χ0) is 15.1. The molecule has 0 atom stereocenters. The lowest BCUT2D eigenvalue weighted by atomic mass is 10.0. The Balaban J connectivity index is 1.85. The van der Waals surface area contributed by atoms with E-state index in [2.05, 4.69) is 18.2 Å². The Morgan fingerprint density at radius 3 is 2.55 bits per heavy atom. The van der Waals surface area contributed by atoms with Crippen molar-refractivity contribution in [2.75, 3.05) is 0 Å². The second kappa shape index (κ2) is 4.85. The Morgan fingerprint density at radius 1 is 0.909 bits per heavy atom. The van der Waals surface area contributed by atoms with E-state index in [1.807, 2.05) is 30.3 Å². The maximum absolute atomic E-state index is 12.5. The molecule has 0 spiro atoms. The van der Waals surface area contributed by atoms with E-state index in [1.165, 1.54) is 0 Å². The van der Waals surface area contributed by atoms with E-state index >= 15 is 0 Å². The molecule has 0 radical (unpaired) electrons. The first-order valence-electron chi connectivity index (χ1n) is 7.28. The Hall–Kier alpha value is -2.87. The van der Waals surface area contributed by atoms with Crippen molar-refractivity contribution in [3.8, 4) is 5.75 Å². The second-order valence-corrected chi connectivity index (χ2v) is 5.55. The van der Waals surface area contributed by atoms with Crippen molar-refractivity contribution >= 4 is 22.6 Å². The van der Waals surface area contributed by atoms with Gasteiger partial charge in [-0.3, -0.25) is 4.79 Å². The van der Waals surface area contributed by atoms with Crippen LogP contribution in [-0.2, 0) is 6.42 Å². The van der Waals surface area contributed by atoms with Crippen LogP contribution >= 0.6 is 0 Å². The minimum atomic E-state index is 0.0128. The average molecular weight is 286 g/mol. The van der Waals surface area contributed by atoms with E-state index in [1.54, 1.807) is 18.2 Å². The van der Waals surface area contributed by atoms with E-state index in [4.69, 9.17) is 0 Å². The number of hydrogen-bond acceptors (Lipinski definition) is 2. The lowest BCUT2D eigenvalue weighted by Gasteiger charge is -2.03. The monoisotopic (exact) mass is 286 g/mol. The summed E-state index contributed by atoms with van der Waals surface area (Å²) in [5, 5.41) is 12.2. The van der Waals surface area contributed by atoms with Crippen LogP contribution in [0.4, 0.5) is 0 Å². The van der Waals surface area contributed by atoms with Crippen LogP contribution in [0.25, 0.3) is 16.8 Å². The van der Waals surface area contributed by atoms with Gasteiger partial charge in [0.25, 0.3) is 0 Å². The highest BCUT2D eigenvalue weighted by molar-refractivity contribution is 6.16. The Morgan fingerprint density at radius 2 is 1.68 bits per heavy atom. The molecule has 0 heterocycles. The van der Waals surface area contributed by atoms with Gasteiger partial charge in [-0.1, -0.05) is 54.6 Å². The molecule has 1 aliphatic rings. The number of phenolic OH excluding ortho intramolecular Hbond substituents is 1. The molecule has 0 saturated heterocycles. The molecule has 3 aromatic rings. The molecule has 0 aromatic heterocycles. The predicted octanol–water partition coefficient (Wildman–Crippen LogP) is 4.37. The molecule has 106 valence electrons. The molecule has 4 rings (SSSR count). The number of carbonyl (C=O) groups is 1. The first-order valence-corrected chi connectivity index (χ1v) is 7.28. The van der Waals surface area contributed by atoms with Crippen molar-refractivity contribution in [3.63, 3.8) is 0 Å². The Labute approximate surface area is 128 Å². The molecule has 1 aliphatic carbocycles. The van der Waals surface area contributed by atoms with E-state index in [0.717, 1.165) is 27.5 Å². The van der Waals surface area contributed by atoms with Crippen LogP contribution < -0.4 is 0 Å². The van der Waals surface area contributed by atoms with Gasteiger partial charge >= 0.3 is 0 Å². The van der Waals surface area contributed by atoms with Crippen molar-refractivity contribution in [1.29, 1.82) is 0 Å². The topological polar surface area (TPSA) is 37.3 Å². The summed E-state index contributed by atoms with van der Waals surface area (Å²) in [5.41, 5.74) is 3.12. The summed E-state index contributed by atoms with van der Waals surface area (Å²) in [6, 6.07) is 19.3. The van der Waals surface area contributed by atoms with Gasteiger partial charge < -0.3 is 5.11 Å². The van der Waals surface area contributed by atoms with Gasteiger partial charge in [0.15, 0.2) is 5.78 Å². The van der Waals surface area contributed by atoms with Gasteiger partial charge in [-0.05, 0) is 28.5 Å². The molecular weight excluding hydrogens is 272 g/mol. The molecule has 2 nitrogen and oxygen atoms in total. The second-order valence-electron chi connectivity index (χ2n) is 5.55. The summed E-state index contributed by atoms with van der Waals surface area (Å²) >= 11 is 0. The van der Waals surface area contributed by atoms with E-state index in [0.29, 0.717) is 12.0 Å². The van der Waals surface area contributed by atoms with Crippen molar-refractivity contribution in [2.45, 2.75) is 6.42 Å². The van der Waals surface area contributed by atoms with Crippen LogP contribution in [-0.4, -0.2) is 10.9 Å². The third-order valence-corrected chi connectivity index (χ3v) is 4.21. The lowest BCUT2D eigenvalue weighted by molar-refractivity contribution is 0.104. The van der Waals surface area contributed by atoms with Crippen LogP contribution in [0.3, 0.4) is 0 Å². The lowest BCUT2D eigenvalue weighted by Crippen LogP contribution is -1.95. The molecule has 0 saturated carbocycles. The van der Waals surface area contributed by atoms with Crippen molar-refractivity contribution in [1.82, 2.24) is 0 Å². The highest BCUT2D eigenvalue weighted by atomic mass is 16.3. The molecule has 0 aliphatic heterocycles. The zero-order valence-corrected chi connectivity index (χ0v) is 11.9. The first kappa shape index (κ1) is 12.8. The molecule has 22 heavy (non-hydrogen) atoms. The molecular formula is C20H14O2. The number of Topliss-reactive ketones (excluding diaryl/α,β-unsaturated/α-hetero) is 1. The SMILES string of the molecule is O=C1C(=Cc2cccc3ccccc23)Cc2c(O)cccc21. The maximum Gasteiger partial charge on any atom is 0.189 e. The minimum Gasteiger partial charge on any atom is -0.508 e. The normalized spacial score (nSPS) is 15.5. The summed E-state index contributed by atoms with van der Waals surface area (Å²) in [5.74, 6) is 0.214. The fraction of sp³-hybridized carbons (Fsp3) is 0.0500. The highest BCUT2D eigenvalue weighted by Gasteiger charge is 2.26. The van der Waals surface area contributed by atoms with Gasteiger partial charge in [-0.2, -0.15) is 0 Å². The molecule has 0 bridgehead atoms. The van der Waals surface area contributed by atoms with Gasteiger partial charge in [0, 0.05) is 23.1 Å². The van der Waals surface area contributed by atoms with Gasteiger partial charge in [0.2, 0.25) is 0 Å². The standard InChI is InChI=1S/C20H14O2/c21-19-10-4-9-17-18(19)12-15(20(17)22)11-14-7-3-6-13-5-1-2-8-16(13)14/h1-11,21H,12H2. The van der Waals surface area contributed by atoms with Gasteiger partial charge in [-0.25, -0.2) is 0 Å². The largest absolute Gasteiger partial charge is 0.508 e. The van der Waals surface area contributed by atoms with Crippen LogP contribution in [0.1, 0.15) is 21.5 Å². The summed E-state index contributed by atoms with van der Waals surface area (Å²) < 4.78 is 0. The smallest absolute Gasteiger partial charge is 0.189 e. The number of hydrogen-bond donors (Lipinski definition) is 1. The summed E-state index contributed by atoms with van der Waals surface area (Å²) in [6.07, 6.45) is 2.44. The number of ketones is 1. The Kier molecular flexibility index (Phi) is 2.83.